The van der Waals surface area contributed by atoms with E-state index in [-0.39, 0.29) is 0 Å². The van der Waals surface area contributed by atoms with E-state index >= 15 is 0 Å². The summed E-state index contributed by atoms with van der Waals surface area (Å²) in [7, 11) is 0. The van der Waals surface area contributed by atoms with Crippen LogP contribution in [0.5, 0.6) is 0 Å². The Labute approximate surface area is 122 Å². The largest absolute Gasteiger partial charge is 0.380 e. The van der Waals surface area contributed by atoms with Crippen LogP contribution in [0.4, 0.5) is 0 Å². The lowest BCUT2D eigenvalue weighted by molar-refractivity contribution is 0.0266. The van der Waals surface area contributed by atoms with E-state index in [0.717, 1.165) is 19.8 Å². The molecule has 3 heterocycles. The molecule has 0 bridgehead atoms. The minimum absolute atomic E-state index is 0.321. The van der Waals surface area contributed by atoms with E-state index in [1.807, 2.05) is 24.7 Å². The van der Waals surface area contributed by atoms with Gasteiger partial charge in [-0.3, -0.25) is 9.58 Å². The van der Waals surface area contributed by atoms with Gasteiger partial charge >= 0.3 is 0 Å². The third kappa shape index (κ3) is 3.04. The first-order chi connectivity index (χ1) is 9.84. The van der Waals surface area contributed by atoms with Crippen LogP contribution in [-0.2, 0) is 11.3 Å². The molecule has 1 aromatic rings. The van der Waals surface area contributed by atoms with Crippen LogP contribution < -0.4 is 0 Å². The zero-order valence-electron chi connectivity index (χ0n) is 13.1. The maximum Gasteiger partial charge on any atom is 0.0692 e. The molecule has 5 heteroatoms. The average Bonchev–Trinajstić information content (AvgIpc) is 3.18. The molecule has 0 saturated carbocycles. The van der Waals surface area contributed by atoms with Gasteiger partial charge in [0.2, 0.25) is 0 Å². The molecule has 0 N–H and O–H groups in total. The second-order valence-corrected chi connectivity index (χ2v) is 5.48. The summed E-state index contributed by atoms with van der Waals surface area (Å²) in [6, 6.07) is 0.606. The lowest BCUT2D eigenvalue weighted by Gasteiger charge is -2.34. The zero-order chi connectivity index (χ0) is 14.4. The summed E-state index contributed by atoms with van der Waals surface area (Å²) in [5, 5.41) is 7.97. The number of hydrogen-bond acceptors (Lipinski definition) is 4. The van der Waals surface area contributed by atoms with Crippen LogP contribution in [0.2, 0.25) is 0 Å². The maximum atomic E-state index is 5.73. The summed E-state index contributed by atoms with van der Waals surface area (Å²) in [5.74, 6) is 0. The Balaban J connectivity index is 0.000000704. The molecule has 2 unspecified atom stereocenters. The summed E-state index contributed by atoms with van der Waals surface area (Å²) in [6.45, 7) is 9.98. The summed E-state index contributed by atoms with van der Waals surface area (Å²) < 4.78 is 7.69. The van der Waals surface area contributed by atoms with Crippen molar-refractivity contribution in [1.29, 1.82) is 0 Å². The topological polar surface area (TPSA) is 43.2 Å². The van der Waals surface area contributed by atoms with Crippen molar-refractivity contribution in [3.63, 3.8) is 0 Å². The van der Waals surface area contributed by atoms with Gasteiger partial charge in [0, 0.05) is 24.4 Å². The molecule has 1 aromatic heterocycles. The molecule has 3 rings (SSSR count). The molecule has 2 aliphatic rings. The fourth-order valence-corrected chi connectivity index (χ4v) is 3.64. The Kier molecular flexibility index (Phi) is 5.54. The second kappa shape index (κ2) is 7.18. The molecule has 0 aliphatic carbocycles. The third-order valence-corrected chi connectivity index (χ3v) is 4.48. The molecule has 0 amide bonds. The van der Waals surface area contributed by atoms with Crippen molar-refractivity contribution in [2.24, 2.45) is 0 Å². The van der Waals surface area contributed by atoms with Crippen LogP contribution in [-0.4, -0.2) is 51.2 Å². The Hall–Kier alpha value is -0.940. The molecular weight excluding hydrogens is 252 g/mol. The highest BCUT2D eigenvalue weighted by Crippen LogP contribution is 2.42. The monoisotopic (exact) mass is 280 g/mol. The minimum Gasteiger partial charge on any atom is -0.380 e. The lowest BCUT2D eigenvalue weighted by Crippen LogP contribution is -2.46. The summed E-state index contributed by atoms with van der Waals surface area (Å²) in [6.07, 6.45) is 8.84. The smallest absolute Gasteiger partial charge is 0.0692 e. The second-order valence-electron chi connectivity index (χ2n) is 5.48. The number of nitrogens with zero attached hydrogens (tertiary/aromatic N) is 4. The quantitative estimate of drug-likeness (QED) is 0.830. The van der Waals surface area contributed by atoms with Gasteiger partial charge < -0.3 is 4.74 Å². The summed E-state index contributed by atoms with van der Waals surface area (Å²) in [5.41, 5.74) is 0.321. The lowest BCUT2D eigenvalue weighted by atomic mass is 9.95. The van der Waals surface area contributed by atoms with Gasteiger partial charge in [0.25, 0.3) is 0 Å². The number of aromatic nitrogens is 3. The molecule has 2 aliphatic heterocycles. The maximum absolute atomic E-state index is 5.73. The first kappa shape index (κ1) is 15.4. The van der Waals surface area contributed by atoms with E-state index in [4.69, 9.17) is 4.74 Å². The molecule has 2 saturated heterocycles. The fourth-order valence-electron chi connectivity index (χ4n) is 3.64. The van der Waals surface area contributed by atoms with E-state index in [1.165, 1.54) is 32.2 Å². The van der Waals surface area contributed by atoms with Gasteiger partial charge in [0.15, 0.2) is 0 Å². The predicted octanol–water partition coefficient (Wildman–Crippen LogP) is 2.34. The standard InChI is InChI=1S/C13H22N4O.C2H6/c1-2-18-11-13-5-3-8-17(13)12(4-6-13)10-16-9-7-14-15-16;1-2/h7,9,12H,2-6,8,10-11H2,1H3;1-2H3. The first-order valence-corrected chi connectivity index (χ1v) is 8.03. The Morgan fingerprint density at radius 2 is 2.20 bits per heavy atom. The van der Waals surface area contributed by atoms with Crippen molar-refractivity contribution in [2.45, 2.75) is 64.6 Å². The molecule has 5 nitrogen and oxygen atoms in total. The molecule has 0 spiro atoms. The van der Waals surface area contributed by atoms with Gasteiger partial charge in [-0.15, -0.1) is 5.10 Å². The number of ether oxygens (including phenoxy) is 1. The Morgan fingerprint density at radius 1 is 1.35 bits per heavy atom. The molecule has 2 atom stereocenters. The molecular formula is C15H28N4O. The van der Waals surface area contributed by atoms with Crippen molar-refractivity contribution in [1.82, 2.24) is 19.9 Å². The van der Waals surface area contributed by atoms with E-state index in [0.29, 0.717) is 11.6 Å². The van der Waals surface area contributed by atoms with Crippen LogP contribution in [0.15, 0.2) is 12.4 Å². The van der Waals surface area contributed by atoms with Crippen LogP contribution >= 0.6 is 0 Å². The van der Waals surface area contributed by atoms with Crippen molar-refractivity contribution in [2.75, 3.05) is 19.8 Å². The van der Waals surface area contributed by atoms with Gasteiger partial charge in [0.1, 0.15) is 0 Å². The van der Waals surface area contributed by atoms with E-state index in [2.05, 4.69) is 22.1 Å². The molecule has 2 fully saturated rings. The van der Waals surface area contributed by atoms with Crippen LogP contribution in [0.25, 0.3) is 0 Å². The van der Waals surface area contributed by atoms with Crippen molar-refractivity contribution in [3.8, 4) is 0 Å². The molecule has 0 aromatic carbocycles. The van der Waals surface area contributed by atoms with E-state index in [1.54, 1.807) is 6.20 Å². The molecule has 0 radical (unpaired) electrons. The van der Waals surface area contributed by atoms with Gasteiger partial charge in [-0.1, -0.05) is 19.1 Å². The van der Waals surface area contributed by atoms with Gasteiger partial charge in [-0.2, -0.15) is 0 Å². The zero-order valence-corrected chi connectivity index (χ0v) is 13.1. The van der Waals surface area contributed by atoms with Gasteiger partial charge in [0.05, 0.1) is 19.3 Å². The van der Waals surface area contributed by atoms with Crippen molar-refractivity contribution >= 4 is 0 Å². The SMILES string of the molecule is CC.CCOCC12CCCN1C(Cn1ccnn1)CC2. The number of fused-ring (bicyclic) bond motifs is 1. The molecule has 114 valence electrons. The van der Waals surface area contributed by atoms with Crippen LogP contribution in [0, 0.1) is 0 Å². The Bertz CT molecular complexity index is 381. The normalized spacial score (nSPS) is 29.1. The van der Waals surface area contributed by atoms with Crippen LogP contribution in [0.3, 0.4) is 0 Å². The number of hydrogen-bond donors (Lipinski definition) is 0. The minimum atomic E-state index is 0.321. The van der Waals surface area contributed by atoms with Gasteiger partial charge in [-0.05, 0) is 39.2 Å². The van der Waals surface area contributed by atoms with Crippen LogP contribution in [0.1, 0.15) is 46.5 Å². The van der Waals surface area contributed by atoms with Crippen molar-refractivity contribution in [3.05, 3.63) is 12.4 Å². The number of rotatable bonds is 5. The highest BCUT2D eigenvalue weighted by atomic mass is 16.5. The summed E-state index contributed by atoms with van der Waals surface area (Å²) >= 11 is 0. The highest BCUT2D eigenvalue weighted by Gasteiger charge is 2.49. The van der Waals surface area contributed by atoms with E-state index in [9.17, 15) is 0 Å². The first-order valence-electron chi connectivity index (χ1n) is 8.03. The van der Waals surface area contributed by atoms with E-state index < -0.39 is 0 Å². The fraction of sp³-hybridized carbons (Fsp3) is 0.867. The average molecular weight is 280 g/mol. The van der Waals surface area contributed by atoms with Gasteiger partial charge in [-0.25, -0.2) is 0 Å². The molecule has 20 heavy (non-hydrogen) atoms. The summed E-state index contributed by atoms with van der Waals surface area (Å²) in [4.78, 5) is 2.67. The Morgan fingerprint density at radius 3 is 2.90 bits per heavy atom. The highest BCUT2D eigenvalue weighted by molar-refractivity contribution is 5.04. The predicted molar refractivity (Wildman–Crippen MR) is 79.6 cm³/mol. The third-order valence-electron chi connectivity index (χ3n) is 4.48. The van der Waals surface area contributed by atoms with Crippen molar-refractivity contribution < 1.29 is 4.74 Å².